The van der Waals surface area contributed by atoms with Gasteiger partial charge in [0.1, 0.15) is 5.03 Å². The molecule has 2 aromatic heterocycles. The van der Waals surface area contributed by atoms with Crippen LogP contribution >= 0.6 is 11.8 Å². The van der Waals surface area contributed by atoms with Gasteiger partial charge in [0, 0.05) is 5.75 Å². The maximum atomic E-state index is 12.8. The molecule has 2 heterocycles. The summed E-state index contributed by atoms with van der Waals surface area (Å²) in [5, 5.41) is 12.0. The summed E-state index contributed by atoms with van der Waals surface area (Å²) >= 11 is 1.49. The molecule has 0 fully saturated rings. The maximum Gasteiger partial charge on any atom is 0.299 e. The minimum atomic E-state index is -2.69. The summed E-state index contributed by atoms with van der Waals surface area (Å²) in [6.07, 6.45) is -2.69. The Morgan fingerprint density at radius 2 is 1.91 bits per heavy atom. The van der Waals surface area contributed by atoms with Crippen LogP contribution in [0.25, 0.3) is 5.65 Å². The van der Waals surface area contributed by atoms with Crippen molar-refractivity contribution >= 4 is 17.4 Å². The highest BCUT2D eigenvalue weighted by Crippen LogP contribution is 2.23. The fourth-order valence-electron chi connectivity index (χ4n) is 2.05. The number of thioether (sulfide) groups is 1. The van der Waals surface area contributed by atoms with Gasteiger partial charge in [-0.05, 0) is 42.7 Å². The van der Waals surface area contributed by atoms with Gasteiger partial charge in [-0.2, -0.15) is 9.61 Å². The smallest absolute Gasteiger partial charge is 0.201 e. The SMILES string of the molecule is Cc1ccc(CSc2ccc3nnc(C(F)F)n3n2)cc1C. The number of fused-ring (bicyclic) bond motifs is 1. The Bertz CT molecular complexity index is 816. The van der Waals surface area contributed by atoms with Gasteiger partial charge >= 0.3 is 0 Å². The number of aromatic nitrogens is 4. The van der Waals surface area contributed by atoms with Gasteiger partial charge in [-0.1, -0.05) is 30.0 Å². The van der Waals surface area contributed by atoms with Crippen LogP contribution in [0.2, 0.25) is 0 Å². The van der Waals surface area contributed by atoms with Crippen molar-refractivity contribution in [2.24, 2.45) is 0 Å². The summed E-state index contributed by atoms with van der Waals surface area (Å²) in [5.74, 6) is 0.301. The first-order valence-corrected chi connectivity index (χ1v) is 7.72. The van der Waals surface area contributed by atoms with Crippen molar-refractivity contribution in [3.63, 3.8) is 0 Å². The molecule has 3 rings (SSSR count). The van der Waals surface area contributed by atoms with Crippen LogP contribution in [0, 0.1) is 13.8 Å². The van der Waals surface area contributed by atoms with E-state index in [1.54, 1.807) is 12.1 Å². The molecule has 4 nitrogen and oxygen atoms in total. The molecule has 0 spiro atoms. The lowest BCUT2D eigenvalue weighted by atomic mass is 10.1. The van der Waals surface area contributed by atoms with Gasteiger partial charge < -0.3 is 0 Å². The summed E-state index contributed by atoms with van der Waals surface area (Å²) in [5.41, 5.74) is 3.98. The average molecular weight is 320 g/mol. The van der Waals surface area contributed by atoms with Crippen LogP contribution in [0.1, 0.15) is 28.9 Å². The molecule has 0 radical (unpaired) electrons. The van der Waals surface area contributed by atoms with Gasteiger partial charge in [0.2, 0.25) is 5.82 Å². The molecule has 0 aliphatic carbocycles. The molecule has 0 saturated carbocycles. The second-order valence-electron chi connectivity index (χ2n) is 5.01. The fraction of sp³-hybridized carbons (Fsp3) is 0.267. The highest BCUT2D eigenvalue weighted by molar-refractivity contribution is 7.98. The lowest BCUT2D eigenvalue weighted by molar-refractivity contribution is 0.137. The Morgan fingerprint density at radius 1 is 1.09 bits per heavy atom. The van der Waals surface area contributed by atoms with E-state index in [2.05, 4.69) is 47.3 Å². The van der Waals surface area contributed by atoms with Gasteiger partial charge in [-0.3, -0.25) is 0 Å². The monoisotopic (exact) mass is 320 g/mol. The van der Waals surface area contributed by atoms with Crippen LogP contribution in [-0.4, -0.2) is 19.8 Å². The number of hydrogen-bond acceptors (Lipinski definition) is 4. The Labute approximate surface area is 130 Å². The molecule has 0 aliphatic heterocycles. The molecule has 7 heteroatoms. The minimum absolute atomic E-state index is 0.325. The molecular weight excluding hydrogens is 306 g/mol. The van der Waals surface area contributed by atoms with Crippen LogP contribution in [0.15, 0.2) is 35.4 Å². The molecule has 0 saturated heterocycles. The van der Waals surface area contributed by atoms with Crippen LogP contribution in [0.3, 0.4) is 0 Å². The van der Waals surface area contributed by atoms with E-state index in [9.17, 15) is 8.78 Å². The number of aryl methyl sites for hydroxylation is 2. The molecule has 1 aromatic carbocycles. The third-order valence-electron chi connectivity index (χ3n) is 3.42. The first kappa shape index (κ1) is 14.9. The molecule has 0 amide bonds. The third kappa shape index (κ3) is 2.94. The number of alkyl halides is 2. The molecular formula is C15H14F2N4S. The number of rotatable bonds is 4. The molecule has 0 unspecified atom stereocenters. The van der Waals surface area contributed by atoms with Crippen LogP contribution in [0.5, 0.6) is 0 Å². The largest absolute Gasteiger partial charge is 0.299 e. The zero-order valence-electron chi connectivity index (χ0n) is 12.1. The summed E-state index contributed by atoms with van der Waals surface area (Å²) < 4.78 is 26.8. The van der Waals surface area contributed by atoms with E-state index in [1.165, 1.54) is 28.5 Å². The molecule has 0 aliphatic rings. The quantitative estimate of drug-likeness (QED) is 0.682. The van der Waals surface area contributed by atoms with Crippen molar-refractivity contribution in [2.75, 3.05) is 0 Å². The topological polar surface area (TPSA) is 43.1 Å². The summed E-state index contributed by atoms with van der Waals surface area (Å²) in [6, 6.07) is 9.69. The molecule has 0 bridgehead atoms. The van der Waals surface area contributed by atoms with Crippen LogP contribution < -0.4 is 0 Å². The Kier molecular flexibility index (Phi) is 4.06. The van der Waals surface area contributed by atoms with Gasteiger partial charge in [0.15, 0.2) is 5.65 Å². The zero-order valence-corrected chi connectivity index (χ0v) is 12.9. The standard InChI is InChI=1S/C15H14F2N4S/c1-9-3-4-11(7-10(9)2)8-22-13-6-5-12-18-19-15(14(16)17)21(12)20-13/h3-7,14H,8H2,1-2H3. The zero-order chi connectivity index (χ0) is 15.7. The minimum Gasteiger partial charge on any atom is -0.201 e. The van der Waals surface area contributed by atoms with Crippen LogP contribution in [-0.2, 0) is 5.75 Å². The van der Waals surface area contributed by atoms with Crippen molar-refractivity contribution in [1.29, 1.82) is 0 Å². The van der Waals surface area contributed by atoms with Crippen molar-refractivity contribution in [2.45, 2.75) is 31.1 Å². The lowest BCUT2D eigenvalue weighted by Crippen LogP contribution is -2.00. The van der Waals surface area contributed by atoms with Crippen molar-refractivity contribution in [1.82, 2.24) is 19.8 Å². The first-order chi connectivity index (χ1) is 10.5. The number of halogens is 2. The summed E-state index contributed by atoms with van der Waals surface area (Å²) in [7, 11) is 0. The van der Waals surface area contributed by atoms with E-state index in [0.717, 1.165) is 10.3 Å². The molecule has 0 atom stereocenters. The van der Waals surface area contributed by atoms with E-state index in [0.29, 0.717) is 10.7 Å². The Morgan fingerprint density at radius 3 is 2.64 bits per heavy atom. The average Bonchev–Trinajstić information content (AvgIpc) is 2.91. The van der Waals surface area contributed by atoms with E-state index < -0.39 is 12.2 Å². The Balaban J connectivity index is 1.81. The van der Waals surface area contributed by atoms with E-state index in [1.807, 2.05) is 0 Å². The van der Waals surface area contributed by atoms with Gasteiger partial charge in [0.25, 0.3) is 6.43 Å². The second-order valence-corrected chi connectivity index (χ2v) is 6.00. The predicted molar refractivity (Wildman–Crippen MR) is 81.2 cm³/mol. The lowest BCUT2D eigenvalue weighted by Gasteiger charge is -2.05. The number of hydrogen-bond donors (Lipinski definition) is 0. The van der Waals surface area contributed by atoms with Crippen molar-refractivity contribution in [3.8, 4) is 0 Å². The third-order valence-corrected chi connectivity index (χ3v) is 4.41. The van der Waals surface area contributed by atoms with E-state index in [-0.39, 0.29) is 0 Å². The fourth-order valence-corrected chi connectivity index (χ4v) is 2.85. The Hall–Kier alpha value is -2.02. The van der Waals surface area contributed by atoms with Crippen molar-refractivity contribution < 1.29 is 8.78 Å². The van der Waals surface area contributed by atoms with Crippen molar-refractivity contribution in [3.05, 3.63) is 52.8 Å². The van der Waals surface area contributed by atoms with Gasteiger partial charge in [0.05, 0.1) is 0 Å². The predicted octanol–water partition coefficient (Wildman–Crippen LogP) is 3.97. The highest BCUT2D eigenvalue weighted by Gasteiger charge is 2.17. The number of benzene rings is 1. The maximum absolute atomic E-state index is 12.8. The molecule has 114 valence electrons. The van der Waals surface area contributed by atoms with Gasteiger partial charge in [-0.25, -0.2) is 8.78 Å². The van der Waals surface area contributed by atoms with Crippen LogP contribution in [0.4, 0.5) is 8.78 Å². The van der Waals surface area contributed by atoms with E-state index >= 15 is 0 Å². The highest BCUT2D eigenvalue weighted by atomic mass is 32.2. The summed E-state index contributed by atoms with van der Waals surface area (Å²) in [6.45, 7) is 4.14. The molecule has 22 heavy (non-hydrogen) atoms. The normalized spacial score (nSPS) is 11.5. The first-order valence-electron chi connectivity index (χ1n) is 6.74. The second kappa shape index (κ2) is 6.00. The summed E-state index contributed by atoms with van der Waals surface area (Å²) in [4.78, 5) is 0. The number of nitrogens with zero attached hydrogens (tertiary/aromatic N) is 4. The molecule has 3 aromatic rings. The van der Waals surface area contributed by atoms with Gasteiger partial charge in [-0.15, -0.1) is 10.2 Å². The molecule has 0 N–H and O–H groups in total. The van der Waals surface area contributed by atoms with E-state index in [4.69, 9.17) is 0 Å².